The number of halogens is 1. The molecular weight excluding hydrogens is 380 g/mol. The van der Waals surface area contributed by atoms with Crippen molar-refractivity contribution >= 4 is 40.6 Å². The zero-order valence-corrected chi connectivity index (χ0v) is 15.7. The van der Waals surface area contributed by atoms with Gasteiger partial charge in [0.15, 0.2) is 5.82 Å². The molecule has 0 saturated carbocycles. The molecule has 1 amide bonds. The van der Waals surface area contributed by atoms with Gasteiger partial charge in [0.25, 0.3) is 0 Å². The molecule has 9 heteroatoms. The molecule has 1 aromatic carbocycles. The summed E-state index contributed by atoms with van der Waals surface area (Å²) in [5.41, 5.74) is 0.902. The van der Waals surface area contributed by atoms with E-state index in [1.165, 1.54) is 23.1 Å². The van der Waals surface area contributed by atoms with Crippen molar-refractivity contribution in [3.63, 3.8) is 0 Å². The number of ether oxygens (including phenoxy) is 1. The van der Waals surface area contributed by atoms with Gasteiger partial charge in [-0.1, -0.05) is 23.4 Å². The predicted octanol–water partition coefficient (Wildman–Crippen LogP) is 3.60. The lowest BCUT2D eigenvalue weighted by atomic mass is 10.2. The van der Waals surface area contributed by atoms with E-state index in [2.05, 4.69) is 20.5 Å². The fourth-order valence-electron chi connectivity index (χ4n) is 2.00. The molecule has 2 N–H and O–H groups in total. The number of amides is 1. The minimum atomic E-state index is -0.0784. The summed E-state index contributed by atoms with van der Waals surface area (Å²) in [6, 6.07) is 11.2. The van der Waals surface area contributed by atoms with Crippen LogP contribution in [0.3, 0.4) is 0 Å². The number of aromatic nitrogens is 3. The summed E-state index contributed by atoms with van der Waals surface area (Å²) in [5.74, 6) is 1.60. The Hall–Kier alpha value is -2.03. The van der Waals surface area contributed by atoms with Gasteiger partial charge in [0.05, 0.1) is 23.7 Å². The second-order valence-corrected chi connectivity index (χ2v) is 7.71. The lowest BCUT2D eigenvalue weighted by Gasteiger charge is -2.01. The first kappa shape index (κ1) is 17.8. The van der Waals surface area contributed by atoms with Crippen LogP contribution in [-0.2, 0) is 11.3 Å². The molecule has 2 heterocycles. The maximum absolute atomic E-state index is 11.9. The van der Waals surface area contributed by atoms with Crippen molar-refractivity contribution in [3.8, 4) is 17.1 Å². The number of nitrogens with zero attached hydrogens (tertiary/aromatic N) is 2. The highest BCUT2D eigenvalue weighted by atomic mass is 35.5. The number of hydrogen-bond acceptors (Lipinski definition) is 6. The molecule has 0 fully saturated rings. The average molecular weight is 395 g/mol. The van der Waals surface area contributed by atoms with Gasteiger partial charge in [-0.2, -0.15) is 0 Å². The monoisotopic (exact) mass is 394 g/mol. The lowest BCUT2D eigenvalue weighted by Crippen LogP contribution is -2.24. The average Bonchev–Trinajstić information content (AvgIpc) is 3.27. The van der Waals surface area contributed by atoms with E-state index >= 15 is 0 Å². The van der Waals surface area contributed by atoms with Gasteiger partial charge >= 0.3 is 0 Å². The normalized spacial score (nSPS) is 10.6. The quantitative estimate of drug-likeness (QED) is 0.598. The Morgan fingerprint density at radius 2 is 2.12 bits per heavy atom. The third-order valence-electron chi connectivity index (χ3n) is 3.25. The van der Waals surface area contributed by atoms with Crippen LogP contribution < -0.4 is 10.1 Å². The van der Waals surface area contributed by atoms with Gasteiger partial charge < -0.3 is 10.1 Å². The number of rotatable bonds is 7. The Morgan fingerprint density at radius 3 is 2.80 bits per heavy atom. The van der Waals surface area contributed by atoms with Gasteiger partial charge in [-0.15, -0.1) is 16.4 Å². The van der Waals surface area contributed by atoms with E-state index in [4.69, 9.17) is 16.3 Å². The van der Waals surface area contributed by atoms with E-state index in [0.29, 0.717) is 21.9 Å². The molecule has 0 aliphatic heterocycles. The first-order valence-corrected chi connectivity index (χ1v) is 9.52. The Labute approximate surface area is 158 Å². The summed E-state index contributed by atoms with van der Waals surface area (Å²) >= 11 is 8.59. The fourth-order valence-corrected chi connectivity index (χ4v) is 3.66. The van der Waals surface area contributed by atoms with Crippen LogP contribution in [0.2, 0.25) is 4.34 Å². The number of nitrogens with one attached hydrogen (secondary N) is 2. The van der Waals surface area contributed by atoms with E-state index in [1.54, 1.807) is 7.11 Å². The van der Waals surface area contributed by atoms with Gasteiger partial charge in [-0.3, -0.25) is 9.89 Å². The first-order chi connectivity index (χ1) is 12.1. The Morgan fingerprint density at radius 1 is 1.32 bits per heavy atom. The van der Waals surface area contributed by atoms with Crippen LogP contribution in [0.1, 0.15) is 4.88 Å². The number of carbonyl (C=O) groups excluding carboxylic acids is 1. The van der Waals surface area contributed by atoms with Crippen molar-refractivity contribution in [3.05, 3.63) is 45.6 Å². The second kappa shape index (κ2) is 8.37. The largest absolute Gasteiger partial charge is 0.497 e. The molecule has 6 nitrogen and oxygen atoms in total. The van der Waals surface area contributed by atoms with E-state index in [0.717, 1.165) is 16.2 Å². The predicted molar refractivity (Wildman–Crippen MR) is 100 cm³/mol. The van der Waals surface area contributed by atoms with Crippen LogP contribution in [0.15, 0.2) is 41.6 Å². The molecule has 0 unspecified atom stereocenters. The van der Waals surface area contributed by atoms with Crippen molar-refractivity contribution in [1.29, 1.82) is 0 Å². The molecule has 0 saturated heterocycles. The number of thioether (sulfide) groups is 1. The van der Waals surface area contributed by atoms with Crippen LogP contribution in [0.4, 0.5) is 0 Å². The summed E-state index contributed by atoms with van der Waals surface area (Å²) in [5, 5.41) is 10.4. The third-order valence-corrected chi connectivity index (χ3v) is 5.33. The summed E-state index contributed by atoms with van der Waals surface area (Å²) < 4.78 is 5.84. The second-order valence-electron chi connectivity index (χ2n) is 4.97. The van der Waals surface area contributed by atoms with Gasteiger partial charge in [-0.25, -0.2) is 4.98 Å². The molecule has 3 aromatic rings. The number of aromatic amines is 1. The highest BCUT2D eigenvalue weighted by molar-refractivity contribution is 7.99. The van der Waals surface area contributed by atoms with Crippen molar-refractivity contribution < 1.29 is 9.53 Å². The summed E-state index contributed by atoms with van der Waals surface area (Å²) in [6.45, 7) is 0.474. The summed E-state index contributed by atoms with van der Waals surface area (Å²) in [7, 11) is 1.62. The van der Waals surface area contributed by atoms with E-state index in [9.17, 15) is 4.79 Å². The molecule has 3 rings (SSSR count). The standard InChI is InChI=1S/C16H15ClN4O2S2/c1-23-11-4-2-10(3-5-11)15-19-16(21-20-15)24-9-14(22)18-8-12-6-7-13(17)25-12/h2-7H,8-9H2,1H3,(H,18,22)(H,19,20,21). The summed E-state index contributed by atoms with van der Waals surface area (Å²) in [6.07, 6.45) is 0. The highest BCUT2D eigenvalue weighted by Gasteiger charge is 2.09. The lowest BCUT2D eigenvalue weighted by molar-refractivity contribution is -0.118. The number of H-pyrrole nitrogens is 1. The SMILES string of the molecule is COc1ccc(-c2nc(SCC(=O)NCc3ccc(Cl)s3)n[nH]2)cc1. The van der Waals surface area contributed by atoms with Crippen molar-refractivity contribution in [2.75, 3.05) is 12.9 Å². The Balaban J connectivity index is 1.50. The zero-order chi connectivity index (χ0) is 17.6. The fraction of sp³-hybridized carbons (Fsp3) is 0.188. The van der Waals surface area contributed by atoms with Crippen molar-refractivity contribution in [1.82, 2.24) is 20.5 Å². The topological polar surface area (TPSA) is 79.9 Å². The van der Waals surface area contributed by atoms with Crippen LogP contribution in [-0.4, -0.2) is 34.0 Å². The highest BCUT2D eigenvalue weighted by Crippen LogP contribution is 2.22. The van der Waals surface area contributed by atoms with Gasteiger partial charge in [0.1, 0.15) is 5.75 Å². The van der Waals surface area contributed by atoms with Crippen molar-refractivity contribution in [2.45, 2.75) is 11.7 Å². The smallest absolute Gasteiger partial charge is 0.230 e. The molecule has 130 valence electrons. The maximum atomic E-state index is 11.9. The van der Waals surface area contributed by atoms with Crippen LogP contribution in [0, 0.1) is 0 Å². The number of thiophene rings is 1. The van der Waals surface area contributed by atoms with E-state index < -0.39 is 0 Å². The number of carbonyl (C=O) groups is 1. The van der Waals surface area contributed by atoms with Gasteiger partial charge in [0, 0.05) is 10.4 Å². The van der Waals surface area contributed by atoms with Crippen LogP contribution >= 0.6 is 34.7 Å². The molecule has 0 atom stereocenters. The Kier molecular flexibility index (Phi) is 5.95. The van der Waals surface area contributed by atoms with Gasteiger partial charge in [0.2, 0.25) is 11.1 Å². The molecule has 0 radical (unpaired) electrons. The molecular formula is C16H15ClN4O2S2. The third kappa shape index (κ3) is 4.97. The molecule has 0 aliphatic rings. The minimum Gasteiger partial charge on any atom is -0.497 e. The minimum absolute atomic E-state index is 0.0784. The number of methoxy groups -OCH3 is 1. The first-order valence-electron chi connectivity index (χ1n) is 7.34. The van der Waals surface area contributed by atoms with Crippen LogP contribution in [0.5, 0.6) is 5.75 Å². The molecule has 25 heavy (non-hydrogen) atoms. The van der Waals surface area contributed by atoms with Gasteiger partial charge in [-0.05, 0) is 36.4 Å². The maximum Gasteiger partial charge on any atom is 0.230 e. The number of benzene rings is 1. The van der Waals surface area contributed by atoms with Crippen molar-refractivity contribution in [2.24, 2.45) is 0 Å². The molecule has 2 aromatic heterocycles. The summed E-state index contributed by atoms with van der Waals surface area (Å²) in [4.78, 5) is 17.3. The van der Waals surface area contributed by atoms with Crippen LogP contribution in [0.25, 0.3) is 11.4 Å². The Bertz CT molecular complexity index is 848. The number of hydrogen-bond donors (Lipinski definition) is 2. The molecule has 0 bridgehead atoms. The van der Waals surface area contributed by atoms with E-state index in [1.807, 2.05) is 36.4 Å². The van der Waals surface area contributed by atoms with E-state index in [-0.39, 0.29) is 11.7 Å². The molecule has 0 spiro atoms. The zero-order valence-electron chi connectivity index (χ0n) is 13.3. The molecule has 0 aliphatic carbocycles.